The van der Waals surface area contributed by atoms with Gasteiger partial charge >= 0.3 is 5.97 Å². The SMILES string of the molecule is CCOC(=O)C#Cc1cccc(N)c1O. The minimum Gasteiger partial charge on any atom is -0.505 e. The summed E-state index contributed by atoms with van der Waals surface area (Å²) in [4.78, 5) is 10.9. The van der Waals surface area contributed by atoms with Gasteiger partial charge in [-0.05, 0) is 19.1 Å². The summed E-state index contributed by atoms with van der Waals surface area (Å²) in [5, 5.41) is 9.46. The van der Waals surface area contributed by atoms with E-state index in [1.54, 1.807) is 25.1 Å². The van der Waals surface area contributed by atoms with E-state index in [0.29, 0.717) is 5.56 Å². The number of hydrogen-bond donors (Lipinski definition) is 2. The molecule has 0 bridgehead atoms. The van der Waals surface area contributed by atoms with Crippen LogP contribution in [-0.2, 0) is 9.53 Å². The maximum absolute atomic E-state index is 10.9. The summed E-state index contributed by atoms with van der Waals surface area (Å²) in [7, 11) is 0. The van der Waals surface area contributed by atoms with Crippen molar-refractivity contribution in [3.05, 3.63) is 23.8 Å². The van der Waals surface area contributed by atoms with Crippen LogP contribution in [0.15, 0.2) is 18.2 Å². The first-order valence-electron chi connectivity index (χ1n) is 4.41. The molecule has 3 N–H and O–H groups in total. The number of hydrogen-bond acceptors (Lipinski definition) is 4. The molecule has 1 aromatic rings. The Morgan fingerprint density at radius 1 is 1.60 bits per heavy atom. The van der Waals surface area contributed by atoms with Crippen molar-refractivity contribution in [2.45, 2.75) is 6.92 Å². The van der Waals surface area contributed by atoms with Crippen molar-refractivity contribution in [2.24, 2.45) is 0 Å². The van der Waals surface area contributed by atoms with E-state index in [2.05, 4.69) is 16.6 Å². The number of aromatic hydroxyl groups is 1. The lowest BCUT2D eigenvalue weighted by atomic mass is 10.2. The zero-order chi connectivity index (χ0) is 11.3. The lowest BCUT2D eigenvalue weighted by Crippen LogP contribution is -1.99. The quantitative estimate of drug-likeness (QED) is 0.309. The van der Waals surface area contributed by atoms with E-state index in [1.165, 1.54) is 0 Å². The van der Waals surface area contributed by atoms with E-state index >= 15 is 0 Å². The number of anilines is 1. The molecule has 0 amide bonds. The van der Waals surface area contributed by atoms with Crippen LogP contribution >= 0.6 is 0 Å². The van der Waals surface area contributed by atoms with Gasteiger partial charge in [0.05, 0.1) is 17.9 Å². The predicted octanol–water partition coefficient (Wildman–Crippen LogP) is 0.889. The lowest BCUT2D eigenvalue weighted by molar-refractivity contribution is -0.136. The number of carbonyl (C=O) groups excluding carboxylic acids is 1. The van der Waals surface area contributed by atoms with Gasteiger partial charge in [-0.15, -0.1) is 0 Å². The summed E-state index contributed by atoms with van der Waals surface area (Å²) < 4.78 is 4.61. The van der Waals surface area contributed by atoms with E-state index in [9.17, 15) is 9.90 Å². The topological polar surface area (TPSA) is 72.5 Å². The first-order valence-corrected chi connectivity index (χ1v) is 4.41. The van der Waals surface area contributed by atoms with Crippen molar-refractivity contribution in [3.63, 3.8) is 0 Å². The zero-order valence-corrected chi connectivity index (χ0v) is 8.28. The molecule has 0 spiro atoms. The molecule has 0 fully saturated rings. The van der Waals surface area contributed by atoms with Crippen molar-refractivity contribution < 1.29 is 14.6 Å². The third kappa shape index (κ3) is 2.92. The third-order valence-electron chi connectivity index (χ3n) is 1.64. The first-order chi connectivity index (χ1) is 7.15. The van der Waals surface area contributed by atoms with Crippen molar-refractivity contribution in [2.75, 3.05) is 12.3 Å². The smallest absolute Gasteiger partial charge is 0.384 e. The van der Waals surface area contributed by atoms with Crippen molar-refractivity contribution in [1.29, 1.82) is 0 Å². The lowest BCUT2D eigenvalue weighted by Gasteiger charge is -1.99. The molecule has 78 valence electrons. The molecule has 1 aromatic carbocycles. The Labute approximate surface area is 87.7 Å². The van der Waals surface area contributed by atoms with E-state index in [0.717, 1.165) is 0 Å². The molecule has 0 saturated heterocycles. The second-order valence-corrected chi connectivity index (χ2v) is 2.71. The van der Waals surface area contributed by atoms with Gasteiger partial charge in [0, 0.05) is 5.92 Å². The van der Waals surface area contributed by atoms with Gasteiger partial charge in [0.1, 0.15) is 0 Å². The number of carbonyl (C=O) groups is 1. The summed E-state index contributed by atoms with van der Waals surface area (Å²) in [5.74, 6) is 3.98. The zero-order valence-electron chi connectivity index (χ0n) is 8.28. The fourth-order valence-electron chi connectivity index (χ4n) is 0.948. The van der Waals surface area contributed by atoms with Crippen LogP contribution in [0, 0.1) is 11.8 Å². The van der Waals surface area contributed by atoms with Gasteiger partial charge in [-0.1, -0.05) is 12.0 Å². The standard InChI is InChI=1S/C11H11NO3/c1-2-15-10(13)7-6-8-4-3-5-9(12)11(8)14/h3-5,14H,2,12H2,1H3. The number of para-hydroxylation sites is 1. The monoisotopic (exact) mass is 205 g/mol. The molecule has 4 heteroatoms. The van der Waals surface area contributed by atoms with Gasteiger partial charge in [-0.2, -0.15) is 0 Å². The number of rotatable bonds is 1. The molecule has 0 aliphatic rings. The molecule has 0 saturated carbocycles. The minimum atomic E-state index is -0.626. The molecule has 4 nitrogen and oxygen atoms in total. The summed E-state index contributed by atoms with van der Waals surface area (Å²) >= 11 is 0. The van der Waals surface area contributed by atoms with Crippen molar-refractivity contribution in [3.8, 4) is 17.6 Å². The van der Waals surface area contributed by atoms with Gasteiger partial charge in [0.15, 0.2) is 5.75 Å². The van der Waals surface area contributed by atoms with Crippen molar-refractivity contribution >= 4 is 11.7 Å². The fourth-order valence-corrected chi connectivity index (χ4v) is 0.948. The van der Waals surface area contributed by atoms with Gasteiger partial charge in [0.2, 0.25) is 0 Å². The second-order valence-electron chi connectivity index (χ2n) is 2.71. The maximum Gasteiger partial charge on any atom is 0.384 e. The highest BCUT2D eigenvalue weighted by Gasteiger charge is 2.01. The molecular weight excluding hydrogens is 194 g/mol. The van der Waals surface area contributed by atoms with Crippen LogP contribution < -0.4 is 5.73 Å². The van der Waals surface area contributed by atoms with Crippen LogP contribution in [0.4, 0.5) is 5.69 Å². The number of phenolic OH excluding ortho intramolecular Hbond substituents is 1. The Morgan fingerprint density at radius 2 is 2.33 bits per heavy atom. The Hall–Kier alpha value is -2.15. The summed E-state index contributed by atoms with van der Waals surface area (Å²) in [6.45, 7) is 1.97. The van der Waals surface area contributed by atoms with E-state index in [4.69, 9.17) is 5.73 Å². The number of esters is 1. The van der Waals surface area contributed by atoms with Gasteiger partial charge in [-0.25, -0.2) is 4.79 Å². The minimum absolute atomic E-state index is 0.116. The van der Waals surface area contributed by atoms with E-state index < -0.39 is 5.97 Å². The average Bonchev–Trinajstić information content (AvgIpc) is 2.21. The molecule has 0 aromatic heterocycles. The fraction of sp³-hybridized carbons (Fsp3) is 0.182. The second kappa shape index (κ2) is 4.91. The number of phenols is 1. The Kier molecular flexibility index (Phi) is 3.58. The van der Waals surface area contributed by atoms with Gasteiger partial charge < -0.3 is 15.6 Å². The van der Waals surface area contributed by atoms with Crippen LogP contribution in [0.3, 0.4) is 0 Å². The average molecular weight is 205 g/mol. The molecule has 0 heterocycles. The molecule has 1 rings (SSSR count). The van der Waals surface area contributed by atoms with Crippen LogP contribution in [0.2, 0.25) is 0 Å². The summed E-state index contributed by atoms with van der Waals surface area (Å²) in [5.41, 5.74) is 5.99. The Balaban J connectivity index is 2.89. The number of benzene rings is 1. The third-order valence-corrected chi connectivity index (χ3v) is 1.64. The van der Waals surface area contributed by atoms with Crippen LogP contribution in [0.1, 0.15) is 12.5 Å². The summed E-state index contributed by atoms with van der Waals surface area (Å²) in [6.07, 6.45) is 0. The molecule has 0 aliphatic carbocycles. The number of nitrogen functional groups attached to an aromatic ring is 1. The molecule has 0 atom stereocenters. The highest BCUT2D eigenvalue weighted by molar-refractivity contribution is 5.89. The Bertz CT molecular complexity index is 429. The highest BCUT2D eigenvalue weighted by Crippen LogP contribution is 2.23. The summed E-state index contributed by atoms with van der Waals surface area (Å²) in [6, 6.07) is 4.76. The maximum atomic E-state index is 10.9. The van der Waals surface area contributed by atoms with Gasteiger partial charge in [-0.3, -0.25) is 0 Å². The molecule has 0 unspecified atom stereocenters. The molecule has 15 heavy (non-hydrogen) atoms. The van der Waals surface area contributed by atoms with Crippen LogP contribution in [-0.4, -0.2) is 17.7 Å². The van der Waals surface area contributed by atoms with E-state index in [-0.39, 0.29) is 18.0 Å². The molecular formula is C11H11NO3. The largest absolute Gasteiger partial charge is 0.505 e. The normalized spacial score (nSPS) is 8.87. The van der Waals surface area contributed by atoms with Crippen LogP contribution in [0.5, 0.6) is 5.75 Å². The molecule has 0 radical (unpaired) electrons. The predicted molar refractivity (Wildman–Crippen MR) is 56.0 cm³/mol. The van der Waals surface area contributed by atoms with E-state index in [1.807, 2.05) is 0 Å². The van der Waals surface area contributed by atoms with Crippen LogP contribution in [0.25, 0.3) is 0 Å². The first kappa shape index (κ1) is 10.9. The van der Waals surface area contributed by atoms with Gasteiger partial charge in [0.25, 0.3) is 0 Å². The Morgan fingerprint density at radius 3 is 3.00 bits per heavy atom. The van der Waals surface area contributed by atoms with Crippen molar-refractivity contribution in [1.82, 2.24) is 0 Å². The number of nitrogens with two attached hydrogens (primary N) is 1. The number of ether oxygens (including phenoxy) is 1. The highest BCUT2D eigenvalue weighted by atomic mass is 16.5. The molecule has 0 aliphatic heterocycles.